The van der Waals surface area contributed by atoms with Crippen LogP contribution in [-0.4, -0.2) is 99.7 Å². The van der Waals surface area contributed by atoms with Gasteiger partial charge in [-0.2, -0.15) is 4.98 Å². The van der Waals surface area contributed by atoms with Crippen molar-refractivity contribution in [3.05, 3.63) is 52.4 Å². The number of carbonyl (C=O) groups excluding carboxylic acids is 2. The molecule has 0 atom stereocenters. The highest BCUT2D eigenvalue weighted by molar-refractivity contribution is 5.82. The van der Waals surface area contributed by atoms with Crippen LogP contribution in [0.2, 0.25) is 0 Å². The van der Waals surface area contributed by atoms with Crippen molar-refractivity contribution in [3.8, 4) is 11.1 Å². The third-order valence-corrected chi connectivity index (χ3v) is 8.86. The van der Waals surface area contributed by atoms with Gasteiger partial charge in [-0.3, -0.25) is 14.2 Å². The van der Waals surface area contributed by atoms with Crippen LogP contribution in [-0.2, 0) is 9.53 Å². The molecule has 3 fully saturated rings. The lowest BCUT2D eigenvalue weighted by Crippen LogP contribution is -2.51. The van der Waals surface area contributed by atoms with Crippen molar-refractivity contribution in [1.29, 1.82) is 0 Å². The Labute approximate surface area is 245 Å². The summed E-state index contributed by atoms with van der Waals surface area (Å²) in [6.07, 6.45) is 4.76. The Kier molecular flexibility index (Phi) is 8.10. The molecule has 0 radical (unpaired) electrons. The summed E-state index contributed by atoms with van der Waals surface area (Å²) >= 11 is 0. The number of hydrogen-bond acceptors (Lipinski definition) is 7. The molecule has 5 heterocycles. The number of ether oxygens (including phenoxy) is 1. The molecule has 11 heteroatoms. The molecule has 2 aromatic heterocycles. The minimum Gasteiger partial charge on any atom is -0.378 e. The lowest BCUT2D eigenvalue weighted by Gasteiger charge is -2.37. The van der Waals surface area contributed by atoms with Gasteiger partial charge in [0.1, 0.15) is 5.65 Å². The molecule has 42 heavy (non-hydrogen) atoms. The number of carbonyl (C=O) groups is 2. The largest absolute Gasteiger partial charge is 0.378 e. The standard InChI is InChI=1S/C31H39N7O4/c1-21-5-3-4-6-26(21)27-19-23-20-32-30(33-24-7-11-36(12-8-24)31(41)37-15-17-42-18-16-37)34-28(23)38(29(27)40)25-9-13-35(14-10-25)22(2)39/h3-6,19-20,24-25H,7-18H2,1-2H3,(H,32,33,34). The van der Waals surface area contributed by atoms with Crippen molar-refractivity contribution in [2.24, 2.45) is 0 Å². The second-order valence-electron chi connectivity index (χ2n) is 11.5. The van der Waals surface area contributed by atoms with Gasteiger partial charge in [-0.1, -0.05) is 24.3 Å². The number of hydrogen-bond donors (Lipinski definition) is 1. The predicted molar refractivity (Wildman–Crippen MR) is 161 cm³/mol. The topological polar surface area (TPSA) is 113 Å². The number of urea groups is 1. The van der Waals surface area contributed by atoms with E-state index >= 15 is 0 Å². The van der Waals surface area contributed by atoms with E-state index in [-0.39, 0.29) is 29.6 Å². The number of nitrogens with zero attached hydrogens (tertiary/aromatic N) is 6. The lowest BCUT2D eigenvalue weighted by molar-refractivity contribution is -0.130. The number of fused-ring (bicyclic) bond motifs is 1. The van der Waals surface area contributed by atoms with Gasteiger partial charge in [-0.15, -0.1) is 0 Å². The van der Waals surface area contributed by atoms with E-state index < -0.39 is 0 Å². The highest BCUT2D eigenvalue weighted by Crippen LogP contribution is 2.29. The maximum Gasteiger partial charge on any atom is 0.320 e. The van der Waals surface area contributed by atoms with E-state index in [9.17, 15) is 14.4 Å². The molecule has 0 aliphatic carbocycles. The number of rotatable bonds is 4. The fourth-order valence-corrected chi connectivity index (χ4v) is 6.39. The normalized spacial score (nSPS) is 18.9. The molecular weight excluding hydrogens is 534 g/mol. The summed E-state index contributed by atoms with van der Waals surface area (Å²) in [5.74, 6) is 0.546. The van der Waals surface area contributed by atoms with E-state index in [1.807, 2.05) is 56.5 Å². The van der Waals surface area contributed by atoms with Crippen LogP contribution in [0.3, 0.4) is 0 Å². The van der Waals surface area contributed by atoms with E-state index in [0.29, 0.717) is 82.5 Å². The summed E-state index contributed by atoms with van der Waals surface area (Å²) in [6, 6.07) is 9.96. The van der Waals surface area contributed by atoms with Crippen LogP contribution in [0.1, 0.15) is 44.2 Å². The minimum atomic E-state index is -0.0724. The van der Waals surface area contributed by atoms with Gasteiger partial charge in [0, 0.05) is 75.4 Å². The minimum absolute atomic E-state index is 0.0609. The molecule has 1 aromatic carbocycles. The van der Waals surface area contributed by atoms with Crippen LogP contribution in [0.4, 0.5) is 10.7 Å². The lowest BCUT2D eigenvalue weighted by atomic mass is 9.99. The van der Waals surface area contributed by atoms with Gasteiger partial charge in [0.15, 0.2) is 0 Å². The predicted octanol–water partition coefficient (Wildman–Crippen LogP) is 3.28. The average molecular weight is 574 g/mol. The van der Waals surface area contributed by atoms with Gasteiger partial charge in [0.2, 0.25) is 11.9 Å². The van der Waals surface area contributed by atoms with E-state index in [1.165, 1.54) is 0 Å². The molecular formula is C31H39N7O4. The van der Waals surface area contributed by atoms with E-state index in [2.05, 4.69) is 10.3 Å². The number of nitrogens with one attached hydrogen (secondary N) is 1. The van der Waals surface area contributed by atoms with Crippen molar-refractivity contribution in [2.45, 2.75) is 51.6 Å². The number of likely N-dealkylation sites (tertiary alicyclic amines) is 2. The molecule has 0 spiro atoms. The Balaban J connectivity index is 1.26. The third-order valence-electron chi connectivity index (χ3n) is 8.86. The molecule has 0 bridgehead atoms. The smallest absolute Gasteiger partial charge is 0.320 e. The SMILES string of the molecule is CC(=O)N1CCC(n2c(=O)c(-c3ccccc3C)cc3cnc(NC4CCN(C(=O)N5CCOCC5)CC4)nc32)CC1. The molecule has 222 valence electrons. The van der Waals surface area contributed by atoms with Gasteiger partial charge < -0.3 is 24.8 Å². The summed E-state index contributed by atoms with van der Waals surface area (Å²) in [7, 11) is 0. The summed E-state index contributed by atoms with van der Waals surface area (Å²) in [6.45, 7) is 8.63. The molecule has 6 rings (SSSR count). The Morgan fingerprint density at radius 2 is 1.57 bits per heavy atom. The average Bonchev–Trinajstić information content (AvgIpc) is 3.02. The Morgan fingerprint density at radius 1 is 0.905 bits per heavy atom. The first-order chi connectivity index (χ1) is 20.4. The van der Waals surface area contributed by atoms with Crippen molar-refractivity contribution in [1.82, 2.24) is 29.2 Å². The van der Waals surface area contributed by atoms with Crippen LogP contribution >= 0.6 is 0 Å². The fraction of sp³-hybridized carbons (Fsp3) is 0.516. The summed E-state index contributed by atoms with van der Waals surface area (Å²) in [5.41, 5.74) is 3.11. The van der Waals surface area contributed by atoms with Crippen LogP contribution in [0.25, 0.3) is 22.2 Å². The number of aromatic nitrogens is 3. The molecule has 11 nitrogen and oxygen atoms in total. The van der Waals surface area contributed by atoms with Crippen LogP contribution in [0.15, 0.2) is 41.3 Å². The van der Waals surface area contributed by atoms with Crippen LogP contribution in [0, 0.1) is 6.92 Å². The van der Waals surface area contributed by atoms with Crippen molar-refractivity contribution in [2.75, 3.05) is 57.8 Å². The first kappa shape index (κ1) is 28.1. The number of piperidine rings is 2. The molecule has 3 saturated heterocycles. The Morgan fingerprint density at radius 3 is 2.26 bits per heavy atom. The van der Waals surface area contributed by atoms with Crippen molar-refractivity contribution >= 4 is 28.9 Å². The summed E-state index contributed by atoms with van der Waals surface area (Å²) in [4.78, 5) is 54.2. The monoisotopic (exact) mass is 573 g/mol. The van der Waals surface area contributed by atoms with Gasteiger partial charge in [-0.25, -0.2) is 9.78 Å². The number of benzene rings is 1. The quantitative estimate of drug-likeness (QED) is 0.510. The molecule has 3 aromatic rings. The number of anilines is 1. The maximum atomic E-state index is 14.1. The fourth-order valence-electron chi connectivity index (χ4n) is 6.39. The Hall–Kier alpha value is -3.99. The van der Waals surface area contributed by atoms with E-state index in [1.54, 1.807) is 13.1 Å². The maximum absolute atomic E-state index is 14.1. The zero-order valence-electron chi connectivity index (χ0n) is 24.4. The second-order valence-corrected chi connectivity index (χ2v) is 11.5. The number of pyridine rings is 1. The first-order valence-electron chi connectivity index (χ1n) is 15.0. The third kappa shape index (κ3) is 5.70. The summed E-state index contributed by atoms with van der Waals surface area (Å²) < 4.78 is 7.22. The van der Waals surface area contributed by atoms with Gasteiger partial charge in [0.05, 0.1) is 13.2 Å². The second kappa shape index (κ2) is 12.1. The zero-order chi connectivity index (χ0) is 29.2. The van der Waals surface area contributed by atoms with Crippen molar-refractivity contribution in [3.63, 3.8) is 0 Å². The Bertz CT molecular complexity index is 1520. The molecule has 0 unspecified atom stereocenters. The molecule has 1 N–H and O–H groups in total. The van der Waals surface area contributed by atoms with Gasteiger partial charge in [0.25, 0.3) is 5.56 Å². The number of morpholine rings is 1. The zero-order valence-corrected chi connectivity index (χ0v) is 24.4. The molecule has 3 amide bonds. The van der Waals surface area contributed by atoms with Gasteiger partial charge >= 0.3 is 6.03 Å². The highest BCUT2D eigenvalue weighted by Gasteiger charge is 2.29. The van der Waals surface area contributed by atoms with Gasteiger partial charge in [-0.05, 0) is 49.8 Å². The molecule has 3 aliphatic rings. The van der Waals surface area contributed by atoms with E-state index in [0.717, 1.165) is 29.4 Å². The number of aryl methyl sites for hydroxylation is 1. The van der Waals surface area contributed by atoms with Crippen LogP contribution in [0.5, 0.6) is 0 Å². The summed E-state index contributed by atoms with van der Waals surface area (Å²) in [5, 5.41) is 4.28. The molecule has 0 saturated carbocycles. The van der Waals surface area contributed by atoms with Crippen LogP contribution < -0.4 is 10.9 Å². The number of amides is 3. The molecule has 3 aliphatic heterocycles. The first-order valence-corrected chi connectivity index (χ1v) is 15.0. The highest BCUT2D eigenvalue weighted by atomic mass is 16.5. The van der Waals surface area contributed by atoms with Crippen molar-refractivity contribution < 1.29 is 14.3 Å². The van der Waals surface area contributed by atoms with E-state index in [4.69, 9.17) is 9.72 Å².